The summed E-state index contributed by atoms with van der Waals surface area (Å²) < 4.78 is 22.7. The monoisotopic (exact) mass is 295 g/mol. The summed E-state index contributed by atoms with van der Waals surface area (Å²) in [6, 6.07) is 9.26. The molecule has 112 valence electrons. The quantitative estimate of drug-likeness (QED) is 0.838. The molecule has 0 bridgehead atoms. The lowest BCUT2D eigenvalue weighted by Gasteiger charge is -2.27. The van der Waals surface area contributed by atoms with Crippen LogP contribution in [0.15, 0.2) is 24.3 Å². The maximum Gasteiger partial charge on any atom is 0.148 e. The number of rotatable bonds is 5. The molecular weight excluding hydrogens is 270 g/mol. The van der Waals surface area contributed by atoms with E-state index in [0.29, 0.717) is 18.5 Å². The molecule has 4 heteroatoms. The van der Waals surface area contributed by atoms with Gasteiger partial charge in [0, 0.05) is 24.8 Å². The Bertz CT molecular complexity index is 536. The van der Waals surface area contributed by atoms with E-state index in [1.54, 1.807) is 0 Å². The first-order valence-corrected chi connectivity index (χ1v) is 9.45. The molecule has 1 aliphatic heterocycles. The fourth-order valence-electron chi connectivity index (χ4n) is 3.22. The maximum atomic E-state index is 11.3. The molecule has 0 amide bonds. The van der Waals surface area contributed by atoms with Crippen molar-refractivity contribution in [3.63, 3.8) is 0 Å². The zero-order valence-corrected chi connectivity index (χ0v) is 13.5. The van der Waals surface area contributed by atoms with Gasteiger partial charge in [0.15, 0.2) is 0 Å². The molecule has 0 spiro atoms. The molecule has 1 fully saturated rings. The highest BCUT2D eigenvalue weighted by atomic mass is 32.2. The molecule has 0 radical (unpaired) electrons. The second-order valence-electron chi connectivity index (χ2n) is 5.95. The Morgan fingerprint density at radius 2 is 1.90 bits per heavy atom. The summed E-state index contributed by atoms with van der Waals surface area (Å²) in [5, 5.41) is 0. The summed E-state index contributed by atoms with van der Waals surface area (Å²) in [4.78, 5) is 2.35. The topological polar surface area (TPSA) is 37.4 Å². The molecule has 0 aliphatic carbocycles. The van der Waals surface area contributed by atoms with Crippen molar-refractivity contribution in [1.82, 2.24) is 4.90 Å². The van der Waals surface area contributed by atoms with Gasteiger partial charge in [0.25, 0.3) is 0 Å². The molecule has 1 aromatic carbocycles. The van der Waals surface area contributed by atoms with Crippen LogP contribution in [0.1, 0.15) is 36.8 Å². The minimum atomic E-state index is -2.87. The number of aryl methyl sites for hydroxylation is 1. The van der Waals surface area contributed by atoms with Gasteiger partial charge < -0.3 is 0 Å². The van der Waals surface area contributed by atoms with Crippen molar-refractivity contribution in [1.29, 1.82) is 0 Å². The van der Waals surface area contributed by atoms with E-state index < -0.39 is 9.84 Å². The lowest BCUT2D eigenvalue weighted by Crippen LogP contribution is -2.35. The van der Waals surface area contributed by atoms with Crippen LogP contribution in [0.5, 0.6) is 0 Å². The van der Waals surface area contributed by atoms with Gasteiger partial charge in [-0.05, 0) is 31.9 Å². The third-order valence-corrected chi connectivity index (χ3v) is 5.26. The van der Waals surface area contributed by atoms with Crippen LogP contribution in [0.25, 0.3) is 0 Å². The van der Waals surface area contributed by atoms with Crippen molar-refractivity contribution in [2.45, 2.75) is 38.6 Å². The molecule has 1 saturated heterocycles. The van der Waals surface area contributed by atoms with Gasteiger partial charge in [0.1, 0.15) is 9.84 Å². The molecule has 1 aliphatic rings. The van der Waals surface area contributed by atoms with Gasteiger partial charge in [-0.15, -0.1) is 0 Å². The van der Waals surface area contributed by atoms with E-state index in [1.807, 2.05) is 0 Å². The minimum Gasteiger partial charge on any atom is -0.299 e. The van der Waals surface area contributed by atoms with Crippen LogP contribution in [-0.2, 0) is 9.84 Å². The second kappa shape index (κ2) is 6.27. The lowest BCUT2D eigenvalue weighted by molar-refractivity contribution is 0.251. The summed E-state index contributed by atoms with van der Waals surface area (Å²) in [5.74, 6) is 0.810. The minimum absolute atomic E-state index is 0.268. The summed E-state index contributed by atoms with van der Waals surface area (Å²) in [7, 11) is -2.87. The summed E-state index contributed by atoms with van der Waals surface area (Å²) >= 11 is 0. The first-order chi connectivity index (χ1) is 9.40. The average molecular weight is 295 g/mol. The van der Waals surface area contributed by atoms with Crippen LogP contribution in [-0.4, -0.2) is 44.5 Å². The van der Waals surface area contributed by atoms with Gasteiger partial charge >= 0.3 is 0 Å². The van der Waals surface area contributed by atoms with Crippen molar-refractivity contribution in [3.8, 4) is 0 Å². The predicted octanol–water partition coefficient (Wildman–Crippen LogP) is 2.61. The second-order valence-corrected chi connectivity index (χ2v) is 8.21. The zero-order chi connectivity index (χ0) is 14.8. The number of benzene rings is 1. The standard InChI is InChI=1S/C16H25NO2S/c1-4-16-15(14-7-5-13(2)6-8-14)9-10-17(16)11-12-20(3,18)19/h5-8,15-16H,4,9-12H2,1-3H3. The molecule has 2 unspecified atom stereocenters. The van der Waals surface area contributed by atoms with E-state index in [4.69, 9.17) is 0 Å². The highest BCUT2D eigenvalue weighted by Gasteiger charge is 2.33. The number of likely N-dealkylation sites (tertiary alicyclic amines) is 1. The SMILES string of the molecule is CCC1C(c2ccc(C)cc2)CCN1CCS(C)(=O)=O. The average Bonchev–Trinajstić information content (AvgIpc) is 2.79. The number of hydrogen-bond acceptors (Lipinski definition) is 3. The highest BCUT2D eigenvalue weighted by molar-refractivity contribution is 7.90. The van der Waals surface area contributed by atoms with Gasteiger partial charge in [-0.25, -0.2) is 8.42 Å². The van der Waals surface area contributed by atoms with Crippen LogP contribution in [0.3, 0.4) is 0 Å². The fraction of sp³-hybridized carbons (Fsp3) is 0.625. The van der Waals surface area contributed by atoms with E-state index in [1.165, 1.54) is 17.4 Å². The Balaban J connectivity index is 2.07. The van der Waals surface area contributed by atoms with Gasteiger partial charge in [-0.1, -0.05) is 36.8 Å². The van der Waals surface area contributed by atoms with Crippen LogP contribution in [0.2, 0.25) is 0 Å². The lowest BCUT2D eigenvalue weighted by atomic mass is 9.90. The molecular formula is C16H25NO2S. The largest absolute Gasteiger partial charge is 0.299 e. The molecule has 2 atom stereocenters. The van der Waals surface area contributed by atoms with E-state index >= 15 is 0 Å². The predicted molar refractivity (Wildman–Crippen MR) is 83.9 cm³/mol. The normalized spacial score (nSPS) is 24.1. The third-order valence-electron chi connectivity index (χ3n) is 4.33. The van der Waals surface area contributed by atoms with Crippen LogP contribution < -0.4 is 0 Å². The molecule has 1 heterocycles. The molecule has 0 saturated carbocycles. The van der Waals surface area contributed by atoms with Gasteiger partial charge in [0.2, 0.25) is 0 Å². The van der Waals surface area contributed by atoms with E-state index in [0.717, 1.165) is 19.4 Å². The first-order valence-electron chi connectivity index (χ1n) is 7.39. The molecule has 3 nitrogen and oxygen atoms in total. The Morgan fingerprint density at radius 1 is 1.25 bits per heavy atom. The van der Waals surface area contributed by atoms with Crippen LogP contribution in [0, 0.1) is 6.92 Å². The Morgan fingerprint density at radius 3 is 2.45 bits per heavy atom. The highest BCUT2D eigenvalue weighted by Crippen LogP contribution is 2.35. The molecule has 0 aromatic heterocycles. The number of sulfone groups is 1. The van der Waals surface area contributed by atoms with Crippen molar-refractivity contribution >= 4 is 9.84 Å². The van der Waals surface area contributed by atoms with Crippen LogP contribution in [0.4, 0.5) is 0 Å². The first kappa shape index (κ1) is 15.5. The van der Waals surface area contributed by atoms with Gasteiger partial charge in [-0.2, -0.15) is 0 Å². The summed E-state index contributed by atoms with van der Waals surface area (Å²) in [6.07, 6.45) is 3.52. The third kappa shape index (κ3) is 3.83. The van der Waals surface area contributed by atoms with Gasteiger partial charge in [-0.3, -0.25) is 4.90 Å². The van der Waals surface area contributed by atoms with E-state index in [2.05, 4.69) is 43.0 Å². The van der Waals surface area contributed by atoms with E-state index in [9.17, 15) is 8.42 Å². The van der Waals surface area contributed by atoms with Crippen molar-refractivity contribution < 1.29 is 8.42 Å². The number of hydrogen-bond donors (Lipinski definition) is 0. The van der Waals surface area contributed by atoms with Crippen molar-refractivity contribution in [2.75, 3.05) is 25.1 Å². The van der Waals surface area contributed by atoms with Crippen molar-refractivity contribution in [2.24, 2.45) is 0 Å². The zero-order valence-electron chi connectivity index (χ0n) is 12.7. The Labute approximate surface area is 122 Å². The molecule has 2 rings (SSSR count). The summed E-state index contributed by atoms with van der Waals surface area (Å²) in [5.41, 5.74) is 2.68. The van der Waals surface area contributed by atoms with Gasteiger partial charge in [0.05, 0.1) is 5.75 Å². The molecule has 1 aromatic rings. The molecule has 0 N–H and O–H groups in total. The fourth-order valence-corrected chi connectivity index (χ4v) is 3.79. The van der Waals surface area contributed by atoms with Crippen LogP contribution >= 0.6 is 0 Å². The Kier molecular flexibility index (Phi) is 4.86. The summed E-state index contributed by atoms with van der Waals surface area (Å²) in [6.45, 7) is 5.98. The molecule has 20 heavy (non-hydrogen) atoms. The Hall–Kier alpha value is -0.870. The van der Waals surface area contributed by atoms with E-state index in [-0.39, 0.29) is 5.75 Å². The number of nitrogens with zero attached hydrogens (tertiary/aromatic N) is 1. The maximum absolute atomic E-state index is 11.3. The van der Waals surface area contributed by atoms with Crippen molar-refractivity contribution in [3.05, 3.63) is 35.4 Å². The smallest absolute Gasteiger partial charge is 0.148 e.